The van der Waals surface area contributed by atoms with E-state index in [0.717, 1.165) is 47.7 Å². The van der Waals surface area contributed by atoms with Crippen LogP contribution in [0.3, 0.4) is 0 Å². The van der Waals surface area contributed by atoms with Crippen LogP contribution >= 0.6 is 18.9 Å². The number of carbonyl (C=O) groups is 9. The molecule has 3 aromatic carbocycles. The molecule has 0 bridgehead atoms. The van der Waals surface area contributed by atoms with Crippen LogP contribution in [0, 0.1) is 29.4 Å². The molecule has 9 rings (SSSR count). The van der Waals surface area contributed by atoms with E-state index < -0.39 is 146 Å². The molecule has 464 valence electrons. The summed E-state index contributed by atoms with van der Waals surface area (Å²) >= 11 is 0.783. The van der Waals surface area contributed by atoms with Gasteiger partial charge in [0.1, 0.15) is 30.2 Å². The first kappa shape index (κ1) is 63.8. The first-order valence-corrected chi connectivity index (χ1v) is 30.7. The van der Waals surface area contributed by atoms with Crippen LogP contribution in [-0.4, -0.2) is 158 Å². The van der Waals surface area contributed by atoms with Gasteiger partial charge in [0.05, 0.1) is 11.4 Å². The molecule has 4 aromatic rings. The molecular formula is C58H62F6N9O12PS. The van der Waals surface area contributed by atoms with Crippen LogP contribution in [0.4, 0.5) is 26.3 Å². The number of likely N-dealkylation sites (tertiary alicyclic amines) is 1. The largest absolute Gasteiger partial charge is 0.399 e. The van der Waals surface area contributed by atoms with Crippen molar-refractivity contribution in [3.63, 3.8) is 0 Å². The van der Waals surface area contributed by atoms with E-state index in [1.54, 1.807) is 18.2 Å². The van der Waals surface area contributed by atoms with Gasteiger partial charge in [0.15, 0.2) is 11.6 Å². The van der Waals surface area contributed by atoms with Crippen molar-refractivity contribution in [2.24, 2.45) is 11.7 Å². The number of imide groups is 1. The molecule has 6 heterocycles. The lowest BCUT2D eigenvalue weighted by Crippen LogP contribution is -2.62. The average molecular weight is 1250 g/mol. The number of nitrogens with one attached hydrogen (secondary N) is 4. The van der Waals surface area contributed by atoms with Crippen molar-refractivity contribution in [2.45, 2.75) is 132 Å². The van der Waals surface area contributed by atoms with Crippen molar-refractivity contribution in [1.29, 1.82) is 0 Å². The van der Waals surface area contributed by atoms with Gasteiger partial charge in [0.25, 0.3) is 18.2 Å². The second-order valence-electron chi connectivity index (χ2n) is 22.3. The minimum atomic E-state index is -5.95. The predicted octanol–water partition coefficient (Wildman–Crippen LogP) is 4.14. The van der Waals surface area contributed by atoms with Gasteiger partial charge in [-0.3, -0.25) is 57.9 Å². The average Bonchev–Trinajstić information content (AvgIpc) is 4.07. The molecular weight excluding hydrogens is 1190 g/mol. The topological polar surface area (TPSA) is 298 Å². The van der Waals surface area contributed by atoms with Gasteiger partial charge < -0.3 is 46.2 Å². The standard InChI is InChI=1S/C58H62F6N9O12PS/c59-39-11-8-32(24-40(39)60)25-42(56(81)71-22-18-31(19-23-71)4-1-2-5-33-6-3-7-37-38(33)28-72(55(37)80)44-14-17-50(75)69-52(44)77)67-51(76)41(12-16-49(65)74)66-53(78)45-13-10-36-20-21-70(30-48(61)62)29-43(57(82)73(36)45)68-54(79)47-27-34-26-35(9-15-46(34)87-47)58(63,64)86(83,84)85/h3,6-9,11,15,24,26-27,31,36,41-45,48H,1,4,10,12-14,16-23,25,28-30H2,(H2,65,74)(H,66,78)(H,67,76)(H,68,79)(H,69,75,77)(H2,83,84,85)/t36-,41?,42?,43+,44?,45+/m1/s1. The molecule has 0 saturated carbocycles. The lowest BCUT2D eigenvalue weighted by atomic mass is 9.91. The second kappa shape index (κ2) is 26.7. The predicted molar refractivity (Wildman–Crippen MR) is 300 cm³/mol. The molecule has 4 saturated heterocycles. The maximum Gasteiger partial charge on any atom is 0.399 e. The van der Waals surface area contributed by atoms with Crippen LogP contribution in [-0.2, 0) is 56.8 Å². The van der Waals surface area contributed by atoms with Crippen molar-refractivity contribution >= 4 is 82.2 Å². The highest BCUT2D eigenvalue weighted by Crippen LogP contribution is 2.59. The van der Waals surface area contributed by atoms with Gasteiger partial charge >= 0.3 is 13.3 Å². The van der Waals surface area contributed by atoms with Crippen LogP contribution in [0.25, 0.3) is 10.1 Å². The van der Waals surface area contributed by atoms with Crippen molar-refractivity contribution in [3.8, 4) is 11.8 Å². The number of carbonyl (C=O) groups excluding carboxylic acids is 9. The van der Waals surface area contributed by atoms with Gasteiger partial charge in [-0.25, -0.2) is 17.6 Å². The Labute approximate surface area is 498 Å². The normalized spacial score (nSPS) is 21.1. The van der Waals surface area contributed by atoms with E-state index in [1.807, 2.05) is 0 Å². The monoisotopic (exact) mass is 1250 g/mol. The fourth-order valence-electron chi connectivity index (χ4n) is 11.9. The van der Waals surface area contributed by atoms with Crippen molar-refractivity contribution in [3.05, 3.63) is 105 Å². The van der Waals surface area contributed by atoms with E-state index in [2.05, 4.69) is 33.1 Å². The Hall–Kier alpha value is -7.70. The van der Waals surface area contributed by atoms with Gasteiger partial charge in [0.2, 0.25) is 41.4 Å². The molecule has 6 atom stereocenters. The molecule has 3 unspecified atom stereocenters. The number of primary amides is 1. The van der Waals surface area contributed by atoms with E-state index in [1.165, 1.54) is 25.7 Å². The highest BCUT2D eigenvalue weighted by molar-refractivity contribution is 7.52. The number of amides is 9. The molecule has 0 aliphatic carbocycles. The summed E-state index contributed by atoms with van der Waals surface area (Å²) < 4.78 is 97.6. The molecule has 29 heteroatoms. The van der Waals surface area contributed by atoms with Crippen LogP contribution in [0.5, 0.6) is 0 Å². The number of alkyl halides is 4. The van der Waals surface area contributed by atoms with E-state index in [0.29, 0.717) is 42.4 Å². The number of nitrogens with two attached hydrogens (primary N) is 1. The van der Waals surface area contributed by atoms with Gasteiger partial charge in [-0.1, -0.05) is 30.0 Å². The zero-order valence-electron chi connectivity index (χ0n) is 46.6. The third-order valence-electron chi connectivity index (χ3n) is 16.5. The second-order valence-corrected chi connectivity index (χ2v) is 25.1. The van der Waals surface area contributed by atoms with Crippen molar-refractivity contribution in [1.82, 2.24) is 40.9 Å². The molecule has 5 aliphatic heterocycles. The third-order valence-corrected chi connectivity index (χ3v) is 18.6. The van der Waals surface area contributed by atoms with Crippen LogP contribution < -0.4 is 27.0 Å². The molecule has 5 aliphatic rings. The maximum absolute atomic E-state index is 14.7. The molecule has 87 heavy (non-hydrogen) atoms. The number of hydrogen-bond donors (Lipinski definition) is 7. The lowest BCUT2D eigenvalue weighted by Gasteiger charge is -2.38. The third kappa shape index (κ3) is 14.7. The van der Waals surface area contributed by atoms with Gasteiger partial charge in [-0.15, -0.1) is 11.3 Å². The fourth-order valence-corrected chi connectivity index (χ4v) is 13.3. The smallest absolute Gasteiger partial charge is 0.370 e. The summed E-state index contributed by atoms with van der Waals surface area (Å²) in [7, 11) is -5.95. The van der Waals surface area contributed by atoms with E-state index >= 15 is 0 Å². The Morgan fingerprint density at radius 3 is 2.34 bits per heavy atom. The SMILES string of the molecule is NC(=O)CCC(NC(=O)[C@@H]1CC[C@@H]2CCN(CC(F)F)C[C@H](NC(=O)c3cc4cc(C(F)(F)P(=O)(O)O)ccc4s3)C(=O)N21)C(=O)NC(Cc1ccc(F)c(F)c1)C(=O)N1CCC(CCC#Cc2cccc3c2CN(C2CCC(=O)NC2=O)C3=O)CC1. The molecule has 8 N–H and O–H groups in total. The summed E-state index contributed by atoms with van der Waals surface area (Å²) in [6.07, 6.45) is -1.29. The van der Waals surface area contributed by atoms with Gasteiger partial charge in [-0.05, 0) is 116 Å². The summed E-state index contributed by atoms with van der Waals surface area (Å²) in [5, 5.41) is 10.1. The Morgan fingerprint density at radius 1 is 0.885 bits per heavy atom. The van der Waals surface area contributed by atoms with Crippen LogP contribution in [0.15, 0.2) is 60.7 Å². The molecule has 4 fully saturated rings. The van der Waals surface area contributed by atoms with Crippen LogP contribution in [0.1, 0.15) is 113 Å². The number of rotatable bonds is 19. The number of nitrogens with zero attached hydrogens (tertiary/aromatic N) is 4. The van der Waals surface area contributed by atoms with E-state index in [-0.39, 0.29) is 97.1 Å². The number of benzene rings is 3. The van der Waals surface area contributed by atoms with Gasteiger partial charge in [-0.2, -0.15) is 8.78 Å². The number of halogens is 6. The highest BCUT2D eigenvalue weighted by atomic mass is 32.1. The summed E-state index contributed by atoms with van der Waals surface area (Å²) in [6, 6.07) is 4.54. The Kier molecular flexibility index (Phi) is 19.6. The molecule has 0 spiro atoms. The minimum Gasteiger partial charge on any atom is -0.370 e. The zero-order valence-corrected chi connectivity index (χ0v) is 48.3. The van der Waals surface area contributed by atoms with Crippen molar-refractivity contribution < 1.29 is 83.8 Å². The first-order valence-electron chi connectivity index (χ1n) is 28.2. The molecule has 0 radical (unpaired) electrons. The molecule has 9 amide bonds. The fraction of sp³-hybridized carbons (Fsp3) is 0.466. The number of hydrogen-bond acceptors (Lipinski definition) is 12. The quantitative estimate of drug-likeness (QED) is 0.0301. The van der Waals surface area contributed by atoms with E-state index in [4.69, 9.17) is 5.73 Å². The van der Waals surface area contributed by atoms with Crippen LogP contribution in [0.2, 0.25) is 0 Å². The number of fused-ring (bicyclic) bond motifs is 3. The summed E-state index contributed by atoms with van der Waals surface area (Å²) in [5.74, 6) is -2.28. The maximum atomic E-state index is 14.7. The highest BCUT2D eigenvalue weighted by Gasteiger charge is 2.51. The van der Waals surface area contributed by atoms with E-state index in [9.17, 15) is 83.8 Å². The lowest BCUT2D eigenvalue weighted by molar-refractivity contribution is -0.144. The Balaban J connectivity index is 0.865. The minimum absolute atomic E-state index is 0.0000802. The number of piperidine rings is 2. The summed E-state index contributed by atoms with van der Waals surface area (Å²) in [6.45, 7) is -0.638. The zero-order chi connectivity index (χ0) is 62.6. The van der Waals surface area contributed by atoms with Gasteiger partial charge in [0, 0.05) is 85.8 Å². The summed E-state index contributed by atoms with van der Waals surface area (Å²) in [4.78, 5) is 146. The number of thiophene rings is 1. The Morgan fingerprint density at radius 2 is 1.64 bits per heavy atom. The Bertz CT molecular complexity index is 3510. The molecule has 1 aromatic heterocycles. The van der Waals surface area contributed by atoms with Crippen molar-refractivity contribution in [2.75, 3.05) is 32.7 Å². The first-order chi connectivity index (χ1) is 41.3. The molecule has 21 nitrogen and oxygen atoms in total. The summed E-state index contributed by atoms with van der Waals surface area (Å²) in [5.41, 5.74) is 1.79.